The van der Waals surface area contributed by atoms with Crippen molar-refractivity contribution in [3.05, 3.63) is 35.2 Å². The fourth-order valence-corrected chi connectivity index (χ4v) is 5.08. The number of ketones is 1. The van der Waals surface area contributed by atoms with Crippen LogP contribution in [-0.4, -0.2) is 25.7 Å². The van der Waals surface area contributed by atoms with Gasteiger partial charge in [-0.2, -0.15) is 0 Å². The highest BCUT2D eigenvalue weighted by Gasteiger charge is 2.34. The normalized spacial score (nSPS) is 22.3. The molecule has 1 aromatic heterocycles. The molecule has 3 nitrogen and oxygen atoms in total. The van der Waals surface area contributed by atoms with Crippen LogP contribution in [0.1, 0.15) is 16.8 Å². The molecule has 1 aromatic carbocycles. The van der Waals surface area contributed by atoms with Gasteiger partial charge in [0.15, 0.2) is 15.6 Å². The van der Waals surface area contributed by atoms with Crippen LogP contribution in [0.5, 0.6) is 0 Å². The molecule has 0 saturated carbocycles. The van der Waals surface area contributed by atoms with Gasteiger partial charge in [-0.05, 0) is 12.5 Å². The van der Waals surface area contributed by atoms with Gasteiger partial charge in [0, 0.05) is 26.9 Å². The van der Waals surface area contributed by atoms with E-state index in [0.717, 1.165) is 10.1 Å². The number of Topliss-reactive ketones (excluding diaryl/α,β-unsaturated/α-hetero) is 1. The third-order valence-electron chi connectivity index (χ3n) is 3.35. The van der Waals surface area contributed by atoms with E-state index < -0.39 is 9.84 Å². The second-order valence-electron chi connectivity index (χ2n) is 4.61. The molecule has 0 aliphatic carbocycles. The van der Waals surface area contributed by atoms with Gasteiger partial charge >= 0.3 is 0 Å². The lowest BCUT2D eigenvalue weighted by Crippen LogP contribution is -2.15. The first-order valence-corrected chi connectivity index (χ1v) is 8.48. The van der Waals surface area contributed by atoms with Crippen LogP contribution >= 0.6 is 11.3 Å². The van der Waals surface area contributed by atoms with Gasteiger partial charge in [-0.15, -0.1) is 11.3 Å². The monoisotopic (exact) mass is 280 g/mol. The minimum absolute atomic E-state index is 0.00993. The van der Waals surface area contributed by atoms with E-state index in [9.17, 15) is 13.2 Å². The molecule has 1 aliphatic rings. The third kappa shape index (κ3) is 1.97. The Morgan fingerprint density at radius 1 is 1.28 bits per heavy atom. The molecule has 1 aliphatic heterocycles. The van der Waals surface area contributed by atoms with Gasteiger partial charge in [-0.3, -0.25) is 4.79 Å². The first kappa shape index (κ1) is 11.9. The number of fused-ring (bicyclic) bond motifs is 1. The summed E-state index contributed by atoms with van der Waals surface area (Å²) in [5.41, 5.74) is 0.678. The zero-order valence-corrected chi connectivity index (χ0v) is 11.3. The molecular formula is C13H12O3S2. The standard InChI is InChI=1S/C13H12O3S2/c14-13(9-5-6-18(15,16)8-9)11-7-17-12-4-2-1-3-10(11)12/h1-4,7,9H,5-6,8H2. The van der Waals surface area contributed by atoms with Crippen LogP contribution in [0.2, 0.25) is 0 Å². The Morgan fingerprint density at radius 3 is 2.78 bits per heavy atom. The van der Waals surface area contributed by atoms with Crippen LogP contribution in [0.25, 0.3) is 10.1 Å². The SMILES string of the molecule is O=C(c1csc2ccccc12)C1CCS(=O)(=O)C1. The average Bonchev–Trinajstić information content (AvgIpc) is 2.91. The van der Waals surface area contributed by atoms with Crippen LogP contribution in [0, 0.1) is 5.92 Å². The number of sulfone groups is 1. The number of hydrogen-bond donors (Lipinski definition) is 0. The molecule has 0 radical (unpaired) electrons. The van der Waals surface area contributed by atoms with Crippen LogP contribution in [0.15, 0.2) is 29.6 Å². The molecule has 1 unspecified atom stereocenters. The minimum atomic E-state index is -3.00. The molecule has 0 N–H and O–H groups in total. The summed E-state index contributed by atoms with van der Waals surface area (Å²) in [6.45, 7) is 0. The summed E-state index contributed by atoms with van der Waals surface area (Å²) in [6, 6.07) is 7.73. The quantitative estimate of drug-likeness (QED) is 0.794. The molecule has 0 bridgehead atoms. The number of carbonyl (C=O) groups is 1. The molecule has 2 heterocycles. The van der Waals surface area contributed by atoms with Crippen molar-refractivity contribution in [2.75, 3.05) is 11.5 Å². The fraction of sp³-hybridized carbons (Fsp3) is 0.308. The van der Waals surface area contributed by atoms with Gasteiger partial charge < -0.3 is 0 Å². The van der Waals surface area contributed by atoms with Crippen LogP contribution < -0.4 is 0 Å². The van der Waals surface area contributed by atoms with E-state index in [-0.39, 0.29) is 23.2 Å². The zero-order valence-electron chi connectivity index (χ0n) is 9.63. The Kier molecular flexibility index (Phi) is 2.75. The van der Waals surface area contributed by atoms with Crippen molar-refractivity contribution in [1.82, 2.24) is 0 Å². The molecule has 0 amide bonds. The smallest absolute Gasteiger partial charge is 0.168 e. The van der Waals surface area contributed by atoms with E-state index in [2.05, 4.69) is 0 Å². The third-order valence-corrected chi connectivity index (χ3v) is 6.08. The van der Waals surface area contributed by atoms with E-state index in [0.29, 0.717) is 12.0 Å². The van der Waals surface area contributed by atoms with Crippen LogP contribution in [0.4, 0.5) is 0 Å². The molecule has 3 rings (SSSR count). The highest BCUT2D eigenvalue weighted by Crippen LogP contribution is 2.30. The summed E-state index contributed by atoms with van der Waals surface area (Å²) >= 11 is 1.53. The molecular weight excluding hydrogens is 268 g/mol. The molecule has 5 heteroatoms. The zero-order chi connectivity index (χ0) is 12.8. The van der Waals surface area contributed by atoms with E-state index in [4.69, 9.17) is 0 Å². The van der Waals surface area contributed by atoms with Crippen molar-refractivity contribution >= 4 is 37.0 Å². The number of thiophene rings is 1. The Labute approximate surface area is 109 Å². The molecule has 1 fully saturated rings. The predicted octanol–water partition coefficient (Wildman–Crippen LogP) is 2.52. The first-order chi connectivity index (χ1) is 8.57. The van der Waals surface area contributed by atoms with Crippen molar-refractivity contribution in [3.63, 3.8) is 0 Å². The summed E-state index contributed by atoms with van der Waals surface area (Å²) in [6.07, 6.45) is 0.464. The van der Waals surface area contributed by atoms with E-state index in [1.807, 2.05) is 29.6 Å². The molecule has 94 valence electrons. The van der Waals surface area contributed by atoms with Crippen molar-refractivity contribution in [2.24, 2.45) is 5.92 Å². The van der Waals surface area contributed by atoms with Gasteiger partial charge in [0.25, 0.3) is 0 Å². The van der Waals surface area contributed by atoms with Crippen molar-refractivity contribution in [2.45, 2.75) is 6.42 Å². The van der Waals surface area contributed by atoms with E-state index in [1.54, 1.807) is 0 Å². The van der Waals surface area contributed by atoms with E-state index >= 15 is 0 Å². The Bertz CT molecular complexity index is 713. The summed E-state index contributed by atoms with van der Waals surface area (Å²) < 4.78 is 23.9. The van der Waals surface area contributed by atoms with Crippen molar-refractivity contribution in [3.8, 4) is 0 Å². The second kappa shape index (κ2) is 4.17. The predicted molar refractivity (Wildman–Crippen MR) is 72.9 cm³/mol. The maximum Gasteiger partial charge on any atom is 0.168 e. The van der Waals surface area contributed by atoms with Crippen LogP contribution in [-0.2, 0) is 9.84 Å². The fourth-order valence-electron chi connectivity index (χ4n) is 2.39. The lowest BCUT2D eigenvalue weighted by Gasteiger charge is -2.05. The van der Waals surface area contributed by atoms with Gasteiger partial charge in [-0.25, -0.2) is 8.42 Å². The summed E-state index contributed by atoms with van der Waals surface area (Å²) in [7, 11) is -3.00. The van der Waals surface area contributed by atoms with Gasteiger partial charge in [0.05, 0.1) is 11.5 Å². The molecule has 1 atom stereocenters. The summed E-state index contributed by atoms with van der Waals surface area (Å²) in [5, 5.41) is 2.79. The van der Waals surface area contributed by atoms with Crippen molar-refractivity contribution in [1.29, 1.82) is 0 Å². The summed E-state index contributed by atoms with van der Waals surface area (Å²) in [4.78, 5) is 12.4. The first-order valence-electron chi connectivity index (χ1n) is 5.78. The highest BCUT2D eigenvalue weighted by molar-refractivity contribution is 7.91. The number of hydrogen-bond acceptors (Lipinski definition) is 4. The lowest BCUT2D eigenvalue weighted by atomic mass is 9.97. The Hall–Kier alpha value is -1.20. The topological polar surface area (TPSA) is 51.2 Å². The average molecular weight is 280 g/mol. The van der Waals surface area contributed by atoms with Crippen molar-refractivity contribution < 1.29 is 13.2 Å². The maximum atomic E-state index is 12.4. The van der Waals surface area contributed by atoms with E-state index in [1.165, 1.54) is 11.3 Å². The summed E-state index contributed by atoms with van der Waals surface area (Å²) in [5.74, 6) is -0.219. The Balaban J connectivity index is 1.98. The lowest BCUT2D eigenvalue weighted by molar-refractivity contribution is 0.0935. The largest absolute Gasteiger partial charge is 0.294 e. The number of benzene rings is 1. The molecule has 2 aromatic rings. The maximum absolute atomic E-state index is 12.4. The number of rotatable bonds is 2. The number of carbonyl (C=O) groups excluding carboxylic acids is 1. The van der Waals surface area contributed by atoms with Gasteiger partial charge in [-0.1, -0.05) is 18.2 Å². The van der Waals surface area contributed by atoms with Crippen LogP contribution in [0.3, 0.4) is 0 Å². The minimum Gasteiger partial charge on any atom is -0.294 e. The highest BCUT2D eigenvalue weighted by atomic mass is 32.2. The van der Waals surface area contributed by atoms with Gasteiger partial charge in [0.1, 0.15) is 0 Å². The molecule has 0 spiro atoms. The molecule has 18 heavy (non-hydrogen) atoms. The second-order valence-corrected chi connectivity index (χ2v) is 7.75. The Morgan fingerprint density at radius 2 is 2.06 bits per heavy atom. The van der Waals surface area contributed by atoms with Gasteiger partial charge in [0.2, 0.25) is 0 Å². The molecule has 1 saturated heterocycles.